The molecule has 5 nitrogen and oxygen atoms in total. The summed E-state index contributed by atoms with van der Waals surface area (Å²) in [6.07, 6.45) is 2.64. The summed E-state index contributed by atoms with van der Waals surface area (Å²) in [6.45, 7) is 6.61. The maximum atomic E-state index is 5.03. The smallest absolute Gasteiger partial charge is 0.226 e. The summed E-state index contributed by atoms with van der Waals surface area (Å²) in [5.41, 5.74) is 3.20. The number of rotatable bonds is 3. The van der Waals surface area contributed by atoms with Crippen LogP contribution in [0.3, 0.4) is 0 Å². The van der Waals surface area contributed by atoms with Crippen molar-refractivity contribution in [2.45, 2.75) is 18.9 Å². The predicted molar refractivity (Wildman–Crippen MR) is 119 cm³/mol. The van der Waals surface area contributed by atoms with Crippen molar-refractivity contribution in [1.29, 1.82) is 0 Å². The van der Waals surface area contributed by atoms with E-state index in [1.54, 1.807) is 0 Å². The van der Waals surface area contributed by atoms with Gasteiger partial charge in [0.15, 0.2) is 0 Å². The molecule has 0 bridgehead atoms. The van der Waals surface area contributed by atoms with Gasteiger partial charge >= 0.3 is 0 Å². The highest BCUT2D eigenvalue weighted by Gasteiger charge is 2.28. The molecule has 3 aromatic rings. The Hall–Kier alpha value is -2.50. The molecule has 2 saturated heterocycles. The van der Waals surface area contributed by atoms with Crippen LogP contribution in [0.4, 0.5) is 5.95 Å². The van der Waals surface area contributed by atoms with Gasteiger partial charge in [-0.2, -0.15) is 0 Å². The third-order valence-electron chi connectivity index (χ3n) is 6.35. The van der Waals surface area contributed by atoms with E-state index in [0.717, 1.165) is 54.3 Å². The Labute approximate surface area is 173 Å². The first-order valence-corrected chi connectivity index (χ1v) is 10.8. The lowest BCUT2D eigenvalue weighted by molar-refractivity contribution is 0.106. The summed E-state index contributed by atoms with van der Waals surface area (Å²) < 4.78 is 0. The van der Waals surface area contributed by atoms with Crippen molar-refractivity contribution in [3.63, 3.8) is 0 Å². The molecule has 0 aliphatic carbocycles. The van der Waals surface area contributed by atoms with Crippen molar-refractivity contribution in [1.82, 2.24) is 19.8 Å². The van der Waals surface area contributed by atoms with Crippen LogP contribution in [0.1, 0.15) is 12.8 Å². The SMILES string of the molecule is CN1CCCC(N2CCN(c3nc(-c4ccccc4)c4ccccc4n3)CC2)C1. The minimum Gasteiger partial charge on any atom is -0.338 e. The van der Waals surface area contributed by atoms with E-state index in [0.29, 0.717) is 6.04 Å². The van der Waals surface area contributed by atoms with Crippen molar-refractivity contribution in [3.05, 3.63) is 54.6 Å². The maximum Gasteiger partial charge on any atom is 0.226 e. The molecule has 2 fully saturated rings. The molecule has 1 unspecified atom stereocenters. The first-order valence-electron chi connectivity index (χ1n) is 10.8. The second-order valence-electron chi connectivity index (χ2n) is 8.34. The number of piperidine rings is 1. The molecule has 0 spiro atoms. The van der Waals surface area contributed by atoms with Gasteiger partial charge in [0, 0.05) is 49.7 Å². The number of likely N-dealkylation sites (tertiary alicyclic amines) is 1. The maximum absolute atomic E-state index is 5.03. The van der Waals surface area contributed by atoms with Crippen LogP contribution in [0.5, 0.6) is 0 Å². The van der Waals surface area contributed by atoms with Crippen LogP contribution in [-0.4, -0.2) is 72.1 Å². The lowest BCUT2D eigenvalue weighted by atomic mass is 10.0. The third kappa shape index (κ3) is 3.85. The summed E-state index contributed by atoms with van der Waals surface area (Å²) in [5.74, 6) is 0.864. The molecule has 29 heavy (non-hydrogen) atoms. The van der Waals surface area contributed by atoms with Gasteiger partial charge in [-0.3, -0.25) is 4.90 Å². The zero-order chi connectivity index (χ0) is 19.6. The fraction of sp³-hybridized carbons (Fsp3) is 0.417. The lowest BCUT2D eigenvalue weighted by Crippen LogP contribution is -2.54. The first kappa shape index (κ1) is 18.5. The summed E-state index contributed by atoms with van der Waals surface area (Å²) in [7, 11) is 2.25. The highest BCUT2D eigenvalue weighted by molar-refractivity contribution is 5.93. The van der Waals surface area contributed by atoms with E-state index < -0.39 is 0 Å². The quantitative estimate of drug-likeness (QED) is 0.687. The van der Waals surface area contributed by atoms with Crippen LogP contribution in [-0.2, 0) is 0 Å². The van der Waals surface area contributed by atoms with Crippen LogP contribution >= 0.6 is 0 Å². The second-order valence-corrected chi connectivity index (χ2v) is 8.34. The fourth-order valence-electron chi connectivity index (χ4n) is 4.75. The van der Waals surface area contributed by atoms with Crippen molar-refractivity contribution in [2.75, 3.05) is 51.2 Å². The topological polar surface area (TPSA) is 35.5 Å². The van der Waals surface area contributed by atoms with Gasteiger partial charge in [-0.15, -0.1) is 0 Å². The van der Waals surface area contributed by atoms with E-state index >= 15 is 0 Å². The number of piperazine rings is 1. The van der Waals surface area contributed by atoms with Crippen LogP contribution in [0.2, 0.25) is 0 Å². The van der Waals surface area contributed by atoms with Crippen molar-refractivity contribution in [2.24, 2.45) is 0 Å². The number of benzene rings is 2. The summed E-state index contributed by atoms with van der Waals surface area (Å²) in [5, 5.41) is 1.12. The molecule has 0 N–H and O–H groups in total. The number of nitrogens with zero attached hydrogens (tertiary/aromatic N) is 5. The molecule has 2 aromatic carbocycles. The number of fused-ring (bicyclic) bond motifs is 1. The molecule has 5 heteroatoms. The molecule has 5 rings (SSSR count). The molecular weight excluding hydrogens is 358 g/mol. The van der Waals surface area contributed by atoms with E-state index in [2.05, 4.69) is 76.3 Å². The molecule has 0 saturated carbocycles. The van der Waals surface area contributed by atoms with Gasteiger partial charge in [0.2, 0.25) is 5.95 Å². The molecule has 0 amide bonds. The van der Waals surface area contributed by atoms with Crippen LogP contribution in [0.25, 0.3) is 22.2 Å². The number of anilines is 1. The number of aromatic nitrogens is 2. The molecule has 3 heterocycles. The minimum atomic E-state index is 0.702. The number of para-hydroxylation sites is 1. The third-order valence-corrected chi connectivity index (χ3v) is 6.35. The van der Waals surface area contributed by atoms with E-state index in [1.165, 1.54) is 25.9 Å². The Balaban J connectivity index is 1.40. The highest BCUT2D eigenvalue weighted by atomic mass is 15.3. The van der Waals surface area contributed by atoms with Crippen LogP contribution in [0.15, 0.2) is 54.6 Å². The normalized spacial score (nSPS) is 21.6. The van der Waals surface area contributed by atoms with E-state index in [9.17, 15) is 0 Å². The monoisotopic (exact) mass is 387 g/mol. The number of likely N-dealkylation sites (N-methyl/N-ethyl adjacent to an activating group) is 1. The van der Waals surface area contributed by atoms with Crippen molar-refractivity contribution in [3.8, 4) is 11.3 Å². The highest BCUT2D eigenvalue weighted by Crippen LogP contribution is 2.28. The zero-order valence-electron chi connectivity index (χ0n) is 17.2. The number of hydrogen-bond acceptors (Lipinski definition) is 5. The fourth-order valence-corrected chi connectivity index (χ4v) is 4.75. The average molecular weight is 388 g/mol. The molecule has 2 aliphatic heterocycles. The van der Waals surface area contributed by atoms with Crippen LogP contribution in [0, 0.1) is 0 Å². The summed E-state index contributed by atoms with van der Waals surface area (Å²) in [4.78, 5) is 17.5. The Morgan fingerprint density at radius 2 is 1.59 bits per heavy atom. The Morgan fingerprint density at radius 3 is 2.38 bits per heavy atom. The van der Waals surface area contributed by atoms with Gasteiger partial charge in [-0.1, -0.05) is 48.5 Å². The first-order chi connectivity index (χ1) is 14.3. The summed E-state index contributed by atoms with van der Waals surface area (Å²) in [6, 6.07) is 19.5. The van der Waals surface area contributed by atoms with E-state index in [-0.39, 0.29) is 0 Å². The molecule has 1 atom stereocenters. The van der Waals surface area contributed by atoms with Gasteiger partial charge in [-0.05, 0) is 32.5 Å². The molecule has 0 radical (unpaired) electrons. The molecule has 150 valence electrons. The van der Waals surface area contributed by atoms with Crippen molar-refractivity contribution < 1.29 is 0 Å². The largest absolute Gasteiger partial charge is 0.338 e. The Kier molecular flexibility index (Phi) is 5.17. The average Bonchev–Trinajstić information content (AvgIpc) is 2.79. The minimum absolute atomic E-state index is 0.702. The van der Waals surface area contributed by atoms with E-state index in [4.69, 9.17) is 9.97 Å². The molecular formula is C24H29N5. The lowest BCUT2D eigenvalue weighted by Gasteiger charge is -2.42. The summed E-state index contributed by atoms with van der Waals surface area (Å²) >= 11 is 0. The zero-order valence-corrected chi connectivity index (χ0v) is 17.2. The van der Waals surface area contributed by atoms with Gasteiger partial charge < -0.3 is 9.80 Å². The second kappa shape index (κ2) is 8.09. The Morgan fingerprint density at radius 1 is 0.828 bits per heavy atom. The molecule has 1 aromatic heterocycles. The van der Waals surface area contributed by atoms with Gasteiger partial charge in [0.25, 0.3) is 0 Å². The molecule has 2 aliphatic rings. The number of hydrogen-bond donors (Lipinski definition) is 0. The van der Waals surface area contributed by atoms with Crippen molar-refractivity contribution >= 4 is 16.9 Å². The van der Waals surface area contributed by atoms with Gasteiger partial charge in [-0.25, -0.2) is 9.97 Å². The van der Waals surface area contributed by atoms with Gasteiger partial charge in [0.1, 0.15) is 0 Å². The van der Waals surface area contributed by atoms with Gasteiger partial charge in [0.05, 0.1) is 11.2 Å². The standard InChI is InChI=1S/C24H29N5/c1-27-13-7-10-20(18-27)28-14-16-29(17-15-28)24-25-22-12-6-5-11-21(22)23(26-24)19-8-3-2-4-9-19/h2-6,8-9,11-12,20H,7,10,13-18H2,1H3. The van der Waals surface area contributed by atoms with Crippen LogP contribution < -0.4 is 4.90 Å². The van der Waals surface area contributed by atoms with E-state index in [1.807, 2.05) is 0 Å². The predicted octanol–water partition coefficient (Wildman–Crippen LogP) is 3.51. The Bertz CT molecular complexity index is 965.